The van der Waals surface area contributed by atoms with Crippen LogP contribution in [0.3, 0.4) is 0 Å². The molecule has 0 heterocycles. The van der Waals surface area contributed by atoms with Gasteiger partial charge in [-0.1, -0.05) is 243 Å². The minimum Gasteiger partial charge on any atom is -0.0622 e. The fourth-order valence-electron chi connectivity index (χ4n) is 13.7. The molecular weight excluding hydrogens is 901 g/mol. The van der Waals surface area contributed by atoms with Crippen molar-refractivity contribution in [2.75, 3.05) is 0 Å². The average Bonchev–Trinajstić information content (AvgIpc) is 4.27. The van der Waals surface area contributed by atoms with E-state index in [4.69, 9.17) is 0 Å². The normalized spacial score (nSPS) is 17.3. The lowest BCUT2D eigenvalue weighted by Gasteiger charge is -2.23. The van der Waals surface area contributed by atoms with Crippen LogP contribution < -0.4 is 0 Å². The van der Waals surface area contributed by atoms with Crippen LogP contribution in [0.1, 0.15) is 84.9 Å². The molecule has 0 fully saturated rings. The molecule has 0 amide bonds. The van der Waals surface area contributed by atoms with Crippen LogP contribution in [0.5, 0.6) is 0 Å². The fourth-order valence-corrected chi connectivity index (χ4v) is 13.7. The Kier molecular flexibility index (Phi) is 10.2. The summed E-state index contributed by atoms with van der Waals surface area (Å²) in [5.41, 5.74) is 33.0. The molecule has 4 unspecified atom stereocenters. The van der Waals surface area contributed by atoms with Crippen LogP contribution >= 0.6 is 0 Å². The van der Waals surface area contributed by atoms with Gasteiger partial charge in [0, 0.05) is 23.7 Å². The van der Waals surface area contributed by atoms with E-state index in [-0.39, 0.29) is 23.7 Å². The standard InChI is InChI=1S/C75H52/c1-47-70(51-26-14-5-15-27-51)65(56-32-33-57-43-68-72(52-28-16-6-17-29-52)60-38-36-54(48-20-8-2-9-21-48)40-66(60)74(68)62(57)42-56)46-64(50-24-12-4-13-25-50)71(47)59-35-34-58-44-69-73(53-30-18-7-19-31-53)61-39-37-55(49-22-10-3-11-23-49)41-67(61)75(69)63(58)45-59/h2-46,72-75H,1H3. The van der Waals surface area contributed by atoms with E-state index in [0.29, 0.717) is 0 Å². The maximum absolute atomic E-state index is 2.55. The third kappa shape index (κ3) is 7.05. The zero-order chi connectivity index (χ0) is 49.6. The van der Waals surface area contributed by atoms with Crippen LogP contribution in [0, 0.1) is 6.92 Å². The van der Waals surface area contributed by atoms with Crippen LogP contribution in [0.15, 0.2) is 272 Å². The number of hydrogen-bond acceptors (Lipinski definition) is 0. The first-order valence-corrected chi connectivity index (χ1v) is 26.6. The zero-order valence-electron chi connectivity index (χ0n) is 41.8. The predicted octanol–water partition coefficient (Wildman–Crippen LogP) is 19.3. The smallest absolute Gasteiger partial charge is 0.0321 e. The molecule has 4 aliphatic rings. The van der Waals surface area contributed by atoms with Gasteiger partial charge in [-0.25, -0.2) is 0 Å². The van der Waals surface area contributed by atoms with Gasteiger partial charge in [0.1, 0.15) is 0 Å². The molecule has 4 atom stereocenters. The second kappa shape index (κ2) is 17.5. The molecule has 0 saturated carbocycles. The minimum absolute atomic E-state index is 0.160. The maximum Gasteiger partial charge on any atom is 0.0321 e. The van der Waals surface area contributed by atoms with Gasteiger partial charge in [0.2, 0.25) is 0 Å². The first kappa shape index (κ1) is 43.5. The van der Waals surface area contributed by atoms with Crippen molar-refractivity contribution in [1.82, 2.24) is 0 Å². The first-order chi connectivity index (χ1) is 37.1. The van der Waals surface area contributed by atoms with Gasteiger partial charge in [0.15, 0.2) is 0 Å². The lowest BCUT2D eigenvalue weighted by atomic mass is 9.80. The summed E-state index contributed by atoms with van der Waals surface area (Å²) in [6.45, 7) is 2.38. The Morgan fingerprint density at radius 1 is 0.240 bits per heavy atom. The summed E-state index contributed by atoms with van der Waals surface area (Å²) >= 11 is 0. The zero-order valence-corrected chi connectivity index (χ0v) is 41.8. The van der Waals surface area contributed by atoms with Gasteiger partial charge in [-0.2, -0.15) is 0 Å². The Labute approximate surface area is 440 Å². The molecule has 11 aromatic carbocycles. The van der Waals surface area contributed by atoms with E-state index in [9.17, 15) is 0 Å². The molecule has 0 N–H and O–H groups in total. The lowest BCUT2D eigenvalue weighted by molar-refractivity contribution is 0.940. The van der Waals surface area contributed by atoms with Crippen LogP contribution in [0.2, 0.25) is 0 Å². The van der Waals surface area contributed by atoms with E-state index in [1.165, 1.54) is 139 Å². The van der Waals surface area contributed by atoms with E-state index in [0.717, 1.165) is 0 Å². The van der Waals surface area contributed by atoms with E-state index in [1.54, 1.807) is 0 Å². The Hall–Kier alpha value is -9.10. The van der Waals surface area contributed by atoms with Gasteiger partial charge in [0.05, 0.1) is 0 Å². The number of hydrogen-bond donors (Lipinski definition) is 0. The molecule has 11 aromatic rings. The third-order valence-electron chi connectivity index (χ3n) is 17.0. The number of rotatable bonds is 8. The summed E-state index contributed by atoms with van der Waals surface area (Å²) in [7, 11) is 0. The van der Waals surface area contributed by atoms with E-state index in [2.05, 4.69) is 280 Å². The third-order valence-corrected chi connectivity index (χ3v) is 17.0. The highest BCUT2D eigenvalue weighted by atomic mass is 14.5. The van der Waals surface area contributed by atoms with Gasteiger partial charge in [-0.3, -0.25) is 0 Å². The summed E-state index contributed by atoms with van der Waals surface area (Å²) in [6, 6.07) is 97.9. The van der Waals surface area contributed by atoms with Crippen LogP contribution in [-0.2, 0) is 0 Å². The van der Waals surface area contributed by atoms with Crippen molar-refractivity contribution < 1.29 is 0 Å². The number of fused-ring (bicyclic) bond motifs is 10. The van der Waals surface area contributed by atoms with Gasteiger partial charge in [-0.05, 0) is 176 Å². The highest BCUT2D eigenvalue weighted by Crippen LogP contribution is 2.60. The van der Waals surface area contributed by atoms with Crippen LogP contribution in [0.25, 0.3) is 78.9 Å². The van der Waals surface area contributed by atoms with Gasteiger partial charge in [0.25, 0.3) is 0 Å². The summed E-state index contributed by atoms with van der Waals surface area (Å²) in [5, 5.41) is 0. The van der Waals surface area contributed by atoms with Gasteiger partial charge in [-0.15, -0.1) is 0 Å². The SMILES string of the molecule is Cc1c(-c2ccccc2)c(-c2ccc3c(c2)C2C(=C3)C(c3ccccc3)c3ccc(-c4ccccc4)cc32)cc(-c2ccccc2)c1-c1ccc2c(c1)C1C(=C2)C(c2ccccc2)c2ccc(-c3ccccc3)cc21. The largest absolute Gasteiger partial charge is 0.0622 e. The summed E-state index contributed by atoms with van der Waals surface area (Å²) in [4.78, 5) is 0. The summed E-state index contributed by atoms with van der Waals surface area (Å²) in [6.07, 6.45) is 5.02. The molecule has 352 valence electrons. The monoisotopic (exact) mass is 952 g/mol. The number of allylic oxidation sites excluding steroid dienone is 2. The second-order valence-corrected chi connectivity index (χ2v) is 21.0. The van der Waals surface area contributed by atoms with Crippen molar-refractivity contribution in [3.63, 3.8) is 0 Å². The molecule has 0 saturated heterocycles. The molecule has 0 nitrogen and oxygen atoms in total. The van der Waals surface area contributed by atoms with Crippen molar-refractivity contribution in [1.29, 1.82) is 0 Å². The van der Waals surface area contributed by atoms with Crippen molar-refractivity contribution in [3.8, 4) is 66.8 Å². The Morgan fingerprint density at radius 3 is 1.08 bits per heavy atom. The van der Waals surface area contributed by atoms with E-state index >= 15 is 0 Å². The highest BCUT2D eigenvalue weighted by Gasteiger charge is 2.43. The number of benzene rings is 11. The molecule has 0 aromatic heterocycles. The van der Waals surface area contributed by atoms with Crippen LogP contribution in [0.4, 0.5) is 0 Å². The quantitative estimate of drug-likeness (QED) is 0.142. The molecule has 0 aliphatic heterocycles. The predicted molar refractivity (Wildman–Crippen MR) is 313 cm³/mol. The van der Waals surface area contributed by atoms with Crippen molar-refractivity contribution >= 4 is 12.2 Å². The summed E-state index contributed by atoms with van der Waals surface area (Å²) in [5.74, 6) is 0.718. The molecule has 0 spiro atoms. The van der Waals surface area contributed by atoms with Crippen molar-refractivity contribution in [3.05, 3.63) is 333 Å². The van der Waals surface area contributed by atoms with Crippen LogP contribution in [-0.4, -0.2) is 0 Å². The summed E-state index contributed by atoms with van der Waals surface area (Å²) < 4.78 is 0. The average molecular weight is 953 g/mol. The van der Waals surface area contributed by atoms with Gasteiger partial charge < -0.3 is 0 Å². The fraction of sp³-hybridized carbons (Fsp3) is 0.0667. The van der Waals surface area contributed by atoms with Crippen molar-refractivity contribution in [2.24, 2.45) is 0 Å². The molecule has 0 radical (unpaired) electrons. The molecule has 15 rings (SSSR count). The van der Waals surface area contributed by atoms with Crippen molar-refractivity contribution in [2.45, 2.75) is 30.6 Å². The molecule has 0 bridgehead atoms. The maximum atomic E-state index is 2.55. The lowest BCUT2D eigenvalue weighted by Crippen LogP contribution is -2.01. The topological polar surface area (TPSA) is 0 Å². The second-order valence-electron chi connectivity index (χ2n) is 21.0. The molecule has 0 heteroatoms. The molecule has 75 heavy (non-hydrogen) atoms. The minimum atomic E-state index is 0.160. The Bertz CT molecular complexity index is 4090. The first-order valence-electron chi connectivity index (χ1n) is 26.6. The van der Waals surface area contributed by atoms with E-state index < -0.39 is 0 Å². The highest BCUT2D eigenvalue weighted by molar-refractivity contribution is 5.99. The van der Waals surface area contributed by atoms with Gasteiger partial charge >= 0.3 is 0 Å². The Balaban J connectivity index is 0.906. The molecular formula is C75H52. The van der Waals surface area contributed by atoms with E-state index in [1.807, 2.05) is 0 Å². The molecule has 4 aliphatic carbocycles. The Morgan fingerprint density at radius 2 is 0.600 bits per heavy atom.